The molecule has 3 N–H and O–H groups in total. The Balaban J connectivity index is 2.98. The second-order valence-electron chi connectivity index (χ2n) is 7.45. The fourth-order valence-corrected chi connectivity index (χ4v) is 2.61. The largest absolute Gasteiger partial charge is 0.350 e. The molecule has 0 spiro atoms. The van der Waals surface area contributed by atoms with E-state index in [2.05, 4.69) is 5.32 Å². The molecule has 106 valence electrons. The normalized spacial score (nSPS) is 20.2. The summed E-state index contributed by atoms with van der Waals surface area (Å²) >= 11 is 0. The molecule has 0 aromatic carbocycles. The van der Waals surface area contributed by atoms with Gasteiger partial charge in [0, 0.05) is 5.54 Å². The van der Waals surface area contributed by atoms with Crippen LogP contribution in [0.15, 0.2) is 0 Å². The van der Waals surface area contributed by atoms with Crippen molar-refractivity contribution >= 4 is 5.91 Å². The van der Waals surface area contributed by atoms with Crippen LogP contribution in [0, 0.1) is 0 Å². The number of amides is 1. The SMILES string of the molecule is CC(C)(C)NC(=O)C1(N([OH2+])C(C)(C)C)CCCC1. The lowest BCUT2D eigenvalue weighted by Gasteiger charge is -2.40. The topological polar surface area (TPSA) is 55.2 Å². The maximum atomic E-state index is 12.6. The van der Waals surface area contributed by atoms with E-state index in [0.29, 0.717) is 0 Å². The highest BCUT2D eigenvalue weighted by Gasteiger charge is 2.53. The summed E-state index contributed by atoms with van der Waals surface area (Å²) in [6.07, 6.45) is 3.64. The molecule has 0 bridgehead atoms. The molecule has 0 atom stereocenters. The fraction of sp³-hybridized carbons (Fsp3) is 0.929. The van der Waals surface area contributed by atoms with Crippen molar-refractivity contribution in [2.24, 2.45) is 0 Å². The van der Waals surface area contributed by atoms with Gasteiger partial charge in [-0.25, -0.2) is 0 Å². The predicted molar refractivity (Wildman–Crippen MR) is 74.3 cm³/mol. The summed E-state index contributed by atoms with van der Waals surface area (Å²) < 4.78 is 0. The quantitative estimate of drug-likeness (QED) is 0.607. The number of nitrogens with one attached hydrogen (secondary N) is 1. The molecule has 18 heavy (non-hydrogen) atoms. The average Bonchev–Trinajstić information content (AvgIpc) is 2.61. The third-order valence-electron chi connectivity index (χ3n) is 3.44. The van der Waals surface area contributed by atoms with Gasteiger partial charge in [-0.3, -0.25) is 4.79 Å². The second kappa shape index (κ2) is 4.82. The highest BCUT2D eigenvalue weighted by molar-refractivity contribution is 5.87. The molecule has 4 nitrogen and oxygen atoms in total. The van der Waals surface area contributed by atoms with Crippen LogP contribution in [0.5, 0.6) is 0 Å². The lowest BCUT2D eigenvalue weighted by atomic mass is 9.90. The zero-order valence-corrected chi connectivity index (χ0v) is 12.7. The van der Waals surface area contributed by atoms with Crippen LogP contribution in [0.1, 0.15) is 67.2 Å². The van der Waals surface area contributed by atoms with Crippen LogP contribution in [-0.2, 0) is 4.79 Å². The minimum Gasteiger partial charge on any atom is -0.350 e. The number of carbonyl (C=O) groups is 1. The van der Waals surface area contributed by atoms with Gasteiger partial charge in [-0.15, -0.1) is 0 Å². The Morgan fingerprint density at radius 1 is 1.11 bits per heavy atom. The number of carbonyl (C=O) groups excluding carboxylic acids is 1. The summed E-state index contributed by atoms with van der Waals surface area (Å²) in [4.78, 5) is 12.6. The zero-order chi connectivity index (χ0) is 14.2. The molecular weight excluding hydrogens is 228 g/mol. The van der Waals surface area contributed by atoms with Crippen molar-refractivity contribution in [2.75, 3.05) is 0 Å². The van der Waals surface area contributed by atoms with Gasteiger partial charge in [0.25, 0.3) is 0 Å². The first kappa shape index (κ1) is 15.4. The standard InChI is InChI=1S/C14H28N2O2/c1-12(2,3)15-11(17)14(9-7-8-10-14)16(18)13(4,5)6/h18H,7-10H2,1-6H3,(H,15,17)/p+1. The van der Waals surface area contributed by atoms with Crippen molar-refractivity contribution in [1.82, 2.24) is 10.4 Å². The minimum absolute atomic E-state index is 0.0115. The number of hydroxylamine groups is 2. The van der Waals surface area contributed by atoms with Crippen molar-refractivity contribution < 1.29 is 10.0 Å². The average molecular weight is 257 g/mol. The summed E-state index contributed by atoms with van der Waals surface area (Å²) in [5.74, 6) is 0.0115. The van der Waals surface area contributed by atoms with Gasteiger partial charge in [0.1, 0.15) is 0 Å². The Hall–Kier alpha value is -0.610. The van der Waals surface area contributed by atoms with Crippen LogP contribution in [0.25, 0.3) is 0 Å². The summed E-state index contributed by atoms with van der Waals surface area (Å²) in [5, 5.41) is 13.0. The highest BCUT2D eigenvalue weighted by Crippen LogP contribution is 2.38. The molecule has 1 saturated carbocycles. The molecule has 1 amide bonds. The first-order valence-corrected chi connectivity index (χ1v) is 6.83. The van der Waals surface area contributed by atoms with E-state index >= 15 is 0 Å². The van der Waals surface area contributed by atoms with Gasteiger partial charge < -0.3 is 10.5 Å². The summed E-state index contributed by atoms with van der Waals surface area (Å²) in [5.41, 5.74) is -1.21. The Kier molecular flexibility index (Phi) is 4.13. The second-order valence-corrected chi connectivity index (χ2v) is 7.45. The van der Waals surface area contributed by atoms with Crippen LogP contribution in [-0.4, -0.2) is 32.8 Å². The Morgan fingerprint density at radius 2 is 1.56 bits per heavy atom. The molecule has 1 aliphatic rings. The number of rotatable bonds is 2. The maximum absolute atomic E-state index is 12.6. The molecule has 0 radical (unpaired) electrons. The number of hydrogen-bond acceptors (Lipinski definition) is 2. The third kappa shape index (κ3) is 3.23. The molecule has 0 aromatic rings. The van der Waals surface area contributed by atoms with Gasteiger partial charge in [0.15, 0.2) is 5.54 Å². The van der Waals surface area contributed by atoms with Crippen molar-refractivity contribution in [3.8, 4) is 0 Å². The Morgan fingerprint density at radius 3 is 1.89 bits per heavy atom. The smallest absolute Gasteiger partial charge is 0.248 e. The van der Waals surface area contributed by atoms with Crippen LogP contribution >= 0.6 is 0 Å². The maximum Gasteiger partial charge on any atom is 0.248 e. The minimum atomic E-state index is -0.647. The summed E-state index contributed by atoms with van der Waals surface area (Å²) in [7, 11) is 0. The number of nitrogens with zero attached hydrogens (tertiary/aromatic N) is 1. The van der Waals surface area contributed by atoms with Crippen LogP contribution in [0.3, 0.4) is 0 Å². The van der Waals surface area contributed by atoms with E-state index in [1.165, 1.54) is 5.06 Å². The molecule has 0 heterocycles. The molecule has 4 heteroatoms. The zero-order valence-electron chi connectivity index (χ0n) is 12.7. The third-order valence-corrected chi connectivity index (χ3v) is 3.44. The van der Waals surface area contributed by atoms with Gasteiger partial charge in [-0.2, -0.15) is 0 Å². The van der Waals surface area contributed by atoms with Crippen LogP contribution in [0.4, 0.5) is 0 Å². The van der Waals surface area contributed by atoms with E-state index in [1.807, 2.05) is 41.5 Å². The number of hydrogen-bond donors (Lipinski definition) is 1. The predicted octanol–water partition coefficient (Wildman–Crippen LogP) is 1.95. The first-order chi connectivity index (χ1) is 7.99. The fourth-order valence-electron chi connectivity index (χ4n) is 2.61. The van der Waals surface area contributed by atoms with Gasteiger partial charge in [0.2, 0.25) is 5.91 Å². The van der Waals surface area contributed by atoms with Crippen LogP contribution in [0.2, 0.25) is 0 Å². The highest BCUT2D eigenvalue weighted by atomic mass is 16.5. The molecule has 0 aromatic heterocycles. The van der Waals surface area contributed by atoms with E-state index in [0.717, 1.165) is 25.7 Å². The van der Waals surface area contributed by atoms with E-state index in [4.69, 9.17) is 5.21 Å². The van der Waals surface area contributed by atoms with E-state index in [1.54, 1.807) is 0 Å². The van der Waals surface area contributed by atoms with Crippen molar-refractivity contribution in [1.29, 1.82) is 0 Å². The molecular formula is C14H29N2O2+. The van der Waals surface area contributed by atoms with Gasteiger partial charge in [-0.05, 0) is 54.4 Å². The van der Waals surface area contributed by atoms with Gasteiger partial charge >= 0.3 is 0 Å². The van der Waals surface area contributed by atoms with E-state index in [-0.39, 0.29) is 17.0 Å². The molecule has 0 aliphatic heterocycles. The summed E-state index contributed by atoms with van der Waals surface area (Å²) in [6.45, 7) is 11.9. The van der Waals surface area contributed by atoms with Gasteiger partial charge in [-0.1, -0.05) is 17.9 Å². The van der Waals surface area contributed by atoms with E-state index < -0.39 is 5.54 Å². The Labute approximate surface area is 111 Å². The molecule has 1 aliphatic carbocycles. The van der Waals surface area contributed by atoms with Gasteiger partial charge in [0.05, 0.1) is 5.54 Å². The summed E-state index contributed by atoms with van der Waals surface area (Å²) in [6, 6.07) is 0. The lowest BCUT2D eigenvalue weighted by Crippen LogP contribution is -2.63. The lowest BCUT2D eigenvalue weighted by molar-refractivity contribution is -0.225. The molecule has 0 saturated heterocycles. The molecule has 1 rings (SSSR count). The first-order valence-electron chi connectivity index (χ1n) is 6.83. The van der Waals surface area contributed by atoms with Crippen molar-refractivity contribution in [3.63, 3.8) is 0 Å². The van der Waals surface area contributed by atoms with E-state index in [9.17, 15) is 4.79 Å². The molecule has 0 unspecified atom stereocenters. The van der Waals surface area contributed by atoms with Crippen molar-refractivity contribution in [2.45, 2.75) is 83.8 Å². The monoisotopic (exact) mass is 257 g/mol. The molecule has 1 fully saturated rings. The Bertz CT molecular complexity index is 307. The van der Waals surface area contributed by atoms with Crippen molar-refractivity contribution in [3.05, 3.63) is 0 Å². The van der Waals surface area contributed by atoms with Crippen LogP contribution < -0.4 is 5.32 Å².